The van der Waals surface area contributed by atoms with Gasteiger partial charge in [0.15, 0.2) is 0 Å². The van der Waals surface area contributed by atoms with Gasteiger partial charge in [-0.25, -0.2) is 0 Å². The maximum absolute atomic E-state index is 12.8. The van der Waals surface area contributed by atoms with Gasteiger partial charge in [-0.15, -0.1) is 12.4 Å². The van der Waals surface area contributed by atoms with Crippen LogP contribution in [0, 0.1) is 6.92 Å². The number of carbonyl (C=O) groups excluding carboxylic acids is 1. The van der Waals surface area contributed by atoms with Crippen molar-refractivity contribution < 1.29 is 9.53 Å². The van der Waals surface area contributed by atoms with Crippen molar-refractivity contribution >= 4 is 18.3 Å². The molecule has 158 valence electrons. The first-order chi connectivity index (χ1) is 13.7. The van der Waals surface area contributed by atoms with E-state index in [1.54, 1.807) is 0 Å². The third-order valence-corrected chi connectivity index (χ3v) is 5.41. The van der Waals surface area contributed by atoms with Crippen molar-refractivity contribution in [3.05, 3.63) is 65.2 Å². The minimum Gasteiger partial charge on any atom is -0.494 e. The Hall–Kier alpha value is -2.04. The molecule has 3 rings (SSSR count). The second-order valence-corrected chi connectivity index (χ2v) is 7.55. The SMILES string of the molecule is CCOc1cccc(C(=O)NCC(c2ccc(C)cc2)N2CCCCCC2)c1.Cl. The first-order valence-corrected chi connectivity index (χ1v) is 10.5. The molecule has 4 nitrogen and oxygen atoms in total. The van der Waals surface area contributed by atoms with Crippen molar-refractivity contribution in [2.45, 2.75) is 45.6 Å². The maximum atomic E-state index is 12.8. The average Bonchev–Trinajstić information content (AvgIpc) is 2.99. The first-order valence-electron chi connectivity index (χ1n) is 10.5. The molecule has 5 heteroatoms. The van der Waals surface area contributed by atoms with E-state index in [0.29, 0.717) is 18.7 Å². The molecule has 1 heterocycles. The number of ether oxygens (including phenoxy) is 1. The Morgan fingerprint density at radius 3 is 2.41 bits per heavy atom. The summed E-state index contributed by atoms with van der Waals surface area (Å²) in [5, 5.41) is 3.16. The van der Waals surface area contributed by atoms with Crippen LogP contribution in [0.3, 0.4) is 0 Å². The number of likely N-dealkylation sites (tertiary alicyclic amines) is 1. The van der Waals surface area contributed by atoms with Gasteiger partial charge >= 0.3 is 0 Å². The van der Waals surface area contributed by atoms with Crippen LogP contribution in [-0.4, -0.2) is 37.0 Å². The van der Waals surface area contributed by atoms with Crippen molar-refractivity contribution in [2.24, 2.45) is 0 Å². The normalized spacial score (nSPS) is 15.7. The van der Waals surface area contributed by atoms with Crippen LogP contribution in [0.4, 0.5) is 0 Å². The molecule has 0 spiro atoms. The van der Waals surface area contributed by atoms with Gasteiger partial charge in [0.2, 0.25) is 0 Å². The fraction of sp³-hybridized carbons (Fsp3) is 0.458. The largest absolute Gasteiger partial charge is 0.494 e. The van der Waals surface area contributed by atoms with E-state index in [1.165, 1.54) is 36.8 Å². The van der Waals surface area contributed by atoms with Crippen LogP contribution in [-0.2, 0) is 0 Å². The third kappa shape index (κ3) is 6.76. The van der Waals surface area contributed by atoms with Gasteiger partial charge in [0.05, 0.1) is 12.6 Å². The molecular weight excluding hydrogens is 384 g/mol. The van der Waals surface area contributed by atoms with Gasteiger partial charge in [0.1, 0.15) is 5.75 Å². The molecule has 1 amide bonds. The highest BCUT2D eigenvalue weighted by Gasteiger charge is 2.22. The van der Waals surface area contributed by atoms with Crippen LogP contribution in [0.5, 0.6) is 5.75 Å². The van der Waals surface area contributed by atoms with E-state index in [0.717, 1.165) is 18.8 Å². The summed E-state index contributed by atoms with van der Waals surface area (Å²) in [7, 11) is 0. The summed E-state index contributed by atoms with van der Waals surface area (Å²) in [5.41, 5.74) is 3.18. The lowest BCUT2D eigenvalue weighted by molar-refractivity contribution is 0.0932. The zero-order chi connectivity index (χ0) is 19.8. The zero-order valence-corrected chi connectivity index (χ0v) is 18.3. The lowest BCUT2D eigenvalue weighted by atomic mass is 10.0. The fourth-order valence-electron chi connectivity index (χ4n) is 3.84. The molecule has 1 unspecified atom stereocenters. The average molecular weight is 417 g/mol. The van der Waals surface area contributed by atoms with Gasteiger partial charge in [0.25, 0.3) is 5.91 Å². The Morgan fingerprint density at radius 2 is 1.76 bits per heavy atom. The fourth-order valence-corrected chi connectivity index (χ4v) is 3.84. The molecule has 0 saturated carbocycles. The Balaban J connectivity index is 0.00000300. The smallest absolute Gasteiger partial charge is 0.251 e. The Labute approximate surface area is 181 Å². The summed E-state index contributed by atoms with van der Waals surface area (Å²) in [6.45, 7) is 7.44. The van der Waals surface area contributed by atoms with Crippen molar-refractivity contribution in [1.82, 2.24) is 10.2 Å². The van der Waals surface area contributed by atoms with E-state index in [-0.39, 0.29) is 24.4 Å². The first kappa shape index (κ1) is 23.2. The summed E-state index contributed by atoms with van der Waals surface area (Å²) >= 11 is 0. The minimum atomic E-state index is -0.0477. The molecule has 1 fully saturated rings. The zero-order valence-electron chi connectivity index (χ0n) is 17.5. The molecule has 1 saturated heterocycles. The van der Waals surface area contributed by atoms with Crippen LogP contribution < -0.4 is 10.1 Å². The van der Waals surface area contributed by atoms with E-state index in [9.17, 15) is 4.79 Å². The van der Waals surface area contributed by atoms with Crippen LogP contribution in [0.1, 0.15) is 60.1 Å². The molecular formula is C24H33ClN2O2. The molecule has 2 aromatic carbocycles. The highest BCUT2D eigenvalue weighted by molar-refractivity contribution is 5.94. The lowest BCUT2D eigenvalue weighted by Crippen LogP contribution is -2.38. The van der Waals surface area contributed by atoms with E-state index >= 15 is 0 Å². The number of nitrogens with zero attached hydrogens (tertiary/aromatic N) is 1. The van der Waals surface area contributed by atoms with E-state index in [2.05, 4.69) is 41.4 Å². The monoisotopic (exact) mass is 416 g/mol. The number of carbonyl (C=O) groups is 1. The highest BCUT2D eigenvalue weighted by Crippen LogP contribution is 2.24. The third-order valence-electron chi connectivity index (χ3n) is 5.41. The summed E-state index contributed by atoms with van der Waals surface area (Å²) in [6.07, 6.45) is 5.06. The van der Waals surface area contributed by atoms with Gasteiger partial charge in [-0.3, -0.25) is 9.69 Å². The number of nitrogens with one attached hydrogen (secondary N) is 1. The van der Waals surface area contributed by atoms with E-state index in [4.69, 9.17) is 4.74 Å². The van der Waals surface area contributed by atoms with Crippen molar-refractivity contribution in [2.75, 3.05) is 26.2 Å². The number of halogens is 1. The number of hydrogen-bond donors (Lipinski definition) is 1. The standard InChI is InChI=1S/C24H32N2O2.ClH/c1-3-28-22-10-8-9-21(17-22)24(27)25-18-23(20-13-11-19(2)12-14-20)26-15-6-4-5-7-16-26;/h8-14,17,23H,3-7,15-16,18H2,1-2H3,(H,25,27);1H. The molecule has 0 radical (unpaired) electrons. The van der Waals surface area contributed by atoms with Gasteiger partial charge in [0, 0.05) is 12.1 Å². The summed E-state index contributed by atoms with van der Waals surface area (Å²) in [5.74, 6) is 0.686. The van der Waals surface area contributed by atoms with Crippen LogP contribution in [0.2, 0.25) is 0 Å². The Kier molecular flexibility index (Phi) is 9.49. The minimum absolute atomic E-state index is 0. The summed E-state index contributed by atoms with van der Waals surface area (Å²) in [4.78, 5) is 15.3. The molecule has 0 aromatic heterocycles. The lowest BCUT2D eigenvalue weighted by Gasteiger charge is -2.31. The molecule has 1 atom stereocenters. The number of hydrogen-bond acceptors (Lipinski definition) is 3. The van der Waals surface area contributed by atoms with E-state index in [1.807, 2.05) is 31.2 Å². The Morgan fingerprint density at radius 1 is 1.07 bits per heavy atom. The number of amides is 1. The van der Waals surface area contributed by atoms with Crippen LogP contribution in [0.15, 0.2) is 48.5 Å². The van der Waals surface area contributed by atoms with Gasteiger partial charge in [-0.1, -0.05) is 48.7 Å². The molecule has 2 aromatic rings. The molecule has 0 aliphatic carbocycles. The van der Waals surface area contributed by atoms with Gasteiger partial charge < -0.3 is 10.1 Å². The number of rotatable bonds is 7. The van der Waals surface area contributed by atoms with Crippen LogP contribution in [0.25, 0.3) is 0 Å². The maximum Gasteiger partial charge on any atom is 0.251 e. The van der Waals surface area contributed by atoms with Gasteiger partial charge in [-0.05, 0) is 63.5 Å². The van der Waals surface area contributed by atoms with Crippen molar-refractivity contribution in [1.29, 1.82) is 0 Å². The van der Waals surface area contributed by atoms with E-state index < -0.39 is 0 Å². The molecule has 1 aliphatic rings. The highest BCUT2D eigenvalue weighted by atomic mass is 35.5. The molecule has 1 aliphatic heterocycles. The second-order valence-electron chi connectivity index (χ2n) is 7.55. The molecule has 1 N–H and O–H groups in total. The van der Waals surface area contributed by atoms with Crippen LogP contribution >= 0.6 is 12.4 Å². The summed E-state index contributed by atoms with van der Waals surface area (Å²) in [6, 6.07) is 16.3. The predicted molar refractivity (Wildman–Crippen MR) is 121 cm³/mol. The topological polar surface area (TPSA) is 41.6 Å². The quantitative estimate of drug-likeness (QED) is 0.677. The predicted octanol–water partition coefficient (Wildman–Crippen LogP) is 5.16. The number of benzene rings is 2. The van der Waals surface area contributed by atoms with Crippen molar-refractivity contribution in [3.63, 3.8) is 0 Å². The van der Waals surface area contributed by atoms with Crippen molar-refractivity contribution in [3.8, 4) is 5.75 Å². The Bertz CT molecular complexity index is 756. The second kappa shape index (κ2) is 11.8. The van der Waals surface area contributed by atoms with Gasteiger partial charge in [-0.2, -0.15) is 0 Å². The molecule has 29 heavy (non-hydrogen) atoms. The molecule has 0 bridgehead atoms. The summed E-state index contributed by atoms with van der Waals surface area (Å²) < 4.78 is 5.52. The number of aryl methyl sites for hydroxylation is 1.